The molecule has 3 rings (SSSR count). The Balaban J connectivity index is 2.13. The maximum Gasteiger partial charge on any atom is 0.343 e. The van der Waals surface area contributed by atoms with E-state index in [1.807, 2.05) is 26.0 Å². The summed E-state index contributed by atoms with van der Waals surface area (Å²) in [6, 6.07) is 7.30. The standard InChI is InChI=1S/C18H18O5/c1-9(2)21-13-6-5-12-7-15(22-14(12)8-13)17-10(3)16(19)11(4)18(20)23-17/h5-9,19H,1-4H3. The molecule has 0 radical (unpaired) electrons. The lowest BCUT2D eigenvalue weighted by atomic mass is 10.1. The number of ether oxygens (including phenoxy) is 1. The lowest BCUT2D eigenvalue weighted by molar-refractivity contribution is 0.242. The number of hydrogen-bond acceptors (Lipinski definition) is 5. The first-order valence-corrected chi connectivity index (χ1v) is 7.40. The first kappa shape index (κ1) is 15.2. The molecule has 0 spiro atoms. The fourth-order valence-electron chi connectivity index (χ4n) is 2.44. The zero-order chi connectivity index (χ0) is 16.7. The van der Waals surface area contributed by atoms with Crippen LogP contribution in [0.25, 0.3) is 22.5 Å². The van der Waals surface area contributed by atoms with Gasteiger partial charge >= 0.3 is 5.63 Å². The Hall–Kier alpha value is -2.69. The van der Waals surface area contributed by atoms with E-state index in [4.69, 9.17) is 13.6 Å². The summed E-state index contributed by atoms with van der Waals surface area (Å²) < 4.78 is 16.7. The quantitative estimate of drug-likeness (QED) is 0.785. The van der Waals surface area contributed by atoms with Crippen molar-refractivity contribution in [3.63, 3.8) is 0 Å². The van der Waals surface area contributed by atoms with Gasteiger partial charge in [-0.05, 0) is 45.9 Å². The van der Waals surface area contributed by atoms with Crippen molar-refractivity contribution in [1.29, 1.82) is 0 Å². The maximum absolute atomic E-state index is 11.8. The number of aromatic hydroxyl groups is 1. The minimum absolute atomic E-state index is 0.0659. The zero-order valence-corrected chi connectivity index (χ0v) is 13.5. The van der Waals surface area contributed by atoms with E-state index in [9.17, 15) is 9.90 Å². The van der Waals surface area contributed by atoms with E-state index in [1.165, 1.54) is 6.92 Å². The van der Waals surface area contributed by atoms with Crippen molar-refractivity contribution in [1.82, 2.24) is 0 Å². The molecular formula is C18H18O5. The number of rotatable bonds is 3. The molecule has 5 heteroatoms. The predicted octanol–water partition coefficient (Wildman–Crippen LogP) is 4.16. The van der Waals surface area contributed by atoms with Gasteiger partial charge in [0.05, 0.1) is 11.7 Å². The Kier molecular flexibility index (Phi) is 3.64. The van der Waals surface area contributed by atoms with Gasteiger partial charge in [0.25, 0.3) is 0 Å². The minimum Gasteiger partial charge on any atom is -0.507 e. The van der Waals surface area contributed by atoms with Crippen LogP contribution < -0.4 is 10.4 Å². The third-order valence-electron chi connectivity index (χ3n) is 3.64. The molecule has 120 valence electrons. The summed E-state index contributed by atoms with van der Waals surface area (Å²) in [5.74, 6) is 1.27. The van der Waals surface area contributed by atoms with Crippen molar-refractivity contribution >= 4 is 11.0 Å². The number of benzene rings is 1. The molecule has 1 N–H and O–H groups in total. The van der Waals surface area contributed by atoms with Gasteiger partial charge < -0.3 is 18.7 Å². The van der Waals surface area contributed by atoms with Crippen LogP contribution in [0.15, 0.2) is 37.9 Å². The molecule has 0 saturated carbocycles. The third kappa shape index (κ3) is 2.70. The van der Waals surface area contributed by atoms with Gasteiger partial charge in [-0.3, -0.25) is 0 Å². The molecule has 2 aromatic heterocycles. The summed E-state index contributed by atoms with van der Waals surface area (Å²) in [7, 11) is 0. The topological polar surface area (TPSA) is 72.8 Å². The highest BCUT2D eigenvalue weighted by Crippen LogP contribution is 2.34. The lowest BCUT2D eigenvalue weighted by Crippen LogP contribution is -2.05. The van der Waals surface area contributed by atoms with E-state index < -0.39 is 5.63 Å². The summed E-state index contributed by atoms with van der Waals surface area (Å²) in [4.78, 5) is 11.8. The maximum atomic E-state index is 11.8. The number of fused-ring (bicyclic) bond motifs is 1. The molecule has 2 heterocycles. The number of furan rings is 1. The summed E-state index contributed by atoms with van der Waals surface area (Å²) in [6.07, 6.45) is 0.0659. The van der Waals surface area contributed by atoms with E-state index in [2.05, 4.69) is 0 Å². The first-order valence-electron chi connectivity index (χ1n) is 7.40. The Morgan fingerprint density at radius 3 is 2.52 bits per heavy atom. The summed E-state index contributed by atoms with van der Waals surface area (Å²) in [6.45, 7) is 7.10. The Labute approximate surface area is 133 Å². The molecule has 0 atom stereocenters. The molecule has 0 aliphatic rings. The van der Waals surface area contributed by atoms with Crippen LogP contribution >= 0.6 is 0 Å². The Morgan fingerprint density at radius 2 is 1.83 bits per heavy atom. The molecule has 3 aromatic rings. The van der Waals surface area contributed by atoms with E-state index in [-0.39, 0.29) is 23.2 Å². The van der Waals surface area contributed by atoms with Crippen LogP contribution in [0.1, 0.15) is 25.0 Å². The van der Waals surface area contributed by atoms with Gasteiger partial charge in [0.15, 0.2) is 11.5 Å². The molecule has 0 fully saturated rings. The second-order valence-electron chi connectivity index (χ2n) is 5.79. The predicted molar refractivity (Wildman–Crippen MR) is 87.1 cm³/mol. The molecule has 0 aliphatic heterocycles. The second kappa shape index (κ2) is 5.50. The molecule has 0 unspecified atom stereocenters. The average Bonchev–Trinajstić information content (AvgIpc) is 2.91. The van der Waals surface area contributed by atoms with Crippen molar-refractivity contribution < 1.29 is 18.7 Å². The van der Waals surface area contributed by atoms with Gasteiger partial charge in [-0.2, -0.15) is 0 Å². The van der Waals surface area contributed by atoms with Gasteiger partial charge in [-0.15, -0.1) is 0 Å². The summed E-state index contributed by atoms with van der Waals surface area (Å²) in [5.41, 5.74) is 0.711. The molecule has 1 aromatic carbocycles. The smallest absolute Gasteiger partial charge is 0.343 e. The van der Waals surface area contributed by atoms with Crippen LogP contribution in [0.5, 0.6) is 11.5 Å². The molecule has 23 heavy (non-hydrogen) atoms. The van der Waals surface area contributed by atoms with Crippen molar-refractivity contribution in [2.45, 2.75) is 33.8 Å². The Morgan fingerprint density at radius 1 is 1.09 bits per heavy atom. The van der Waals surface area contributed by atoms with E-state index in [0.717, 1.165) is 5.39 Å². The molecule has 0 amide bonds. The Bertz CT molecular complexity index is 930. The molecule has 5 nitrogen and oxygen atoms in total. The molecule has 0 saturated heterocycles. The fraction of sp³-hybridized carbons (Fsp3) is 0.278. The highest BCUT2D eigenvalue weighted by atomic mass is 16.5. The summed E-state index contributed by atoms with van der Waals surface area (Å²) in [5, 5.41) is 10.9. The normalized spacial score (nSPS) is 11.3. The van der Waals surface area contributed by atoms with Crippen molar-refractivity contribution in [2.24, 2.45) is 0 Å². The third-order valence-corrected chi connectivity index (χ3v) is 3.64. The van der Waals surface area contributed by atoms with Crippen LogP contribution in [-0.4, -0.2) is 11.2 Å². The average molecular weight is 314 g/mol. The highest BCUT2D eigenvalue weighted by Gasteiger charge is 2.18. The first-order chi connectivity index (χ1) is 10.9. The van der Waals surface area contributed by atoms with Crippen molar-refractivity contribution in [3.8, 4) is 23.0 Å². The lowest BCUT2D eigenvalue weighted by Gasteiger charge is -2.08. The van der Waals surface area contributed by atoms with Gasteiger partial charge in [-0.1, -0.05) is 0 Å². The van der Waals surface area contributed by atoms with Crippen LogP contribution in [0.4, 0.5) is 0 Å². The van der Waals surface area contributed by atoms with Crippen LogP contribution in [0, 0.1) is 13.8 Å². The zero-order valence-electron chi connectivity index (χ0n) is 13.5. The molecule has 0 aliphatic carbocycles. The second-order valence-corrected chi connectivity index (χ2v) is 5.79. The van der Waals surface area contributed by atoms with E-state index >= 15 is 0 Å². The van der Waals surface area contributed by atoms with E-state index in [0.29, 0.717) is 22.7 Å². The molecular weight excluding hydrogens is 296 g/mol. The molecule has 0 bridgehead atoms. The number of hydrogen-bond donors (Lipinski definition) is 1. The van der Waals surface area contributed by atoms with E-state index in [1.54, 1.807) is 19.1 Å². The van der Waals surface area contributed by atoms with Gasteiger partial charge in [0.1, 0.15) is 17.1 Å². The van der Waals surface area contributed by atoms with Crippen molar-refractivity contribution in [3.05, 3.63) is 45.8 Å². The van der Waals surface area contributed by atoms with Gasteiger partial charge in [0.2, 0.25) is 0 Å². The minimum atomic E-state index is -0.576. The van der Waals surface area contributed by atoms with Crippen LogP contribution in [0.3, 0.4) is 0 Å². The largest absolute Gasteiger partial charge is 0.507 e. The van der Waals surface area contributed by atoms with Gasteiger partial charge in [0, 0.05) is 17.0 Å². The SMILES string of the molecule is Cc1c(-c2cc3ccc(OC(C)C)cc3o2)oc(=O)c(C)c1O. The summed E-state index contributed by atoms with van der Waals surface area (Å²) >= 11 is 0. The van der Waals surface area contributed by atoms with Gasteiger partial charge in [-0.25, -0.2) is 4.79 Å². The van der Waals surface area contributed by atoms with Crippen LogP contribution in [-0.2, 0) is 0 Å². The van der Waals surface area contributed by atoms with Crippen LogP contribution in [0.2, 0.25) is 0 Å². The highest BCUT2D eigenvalue weighted by molar-refractivity contribution is 5.83. The van der Waals surface area contributed by atoms with Crippen molar-refractivity contribution in [2.75, 3.05) is 0 Å². The monoisotopic (exact) mass is 314 g/mol. The fourth-order valence-corrected chi connectivity index (χ4v) is 2.44.